The fourth-order valence-corrected chi connectivity index (χ4v) is 20.1. The van der Waals surface area contributed by atoms with Crippen LogP contribution in [-0.2, 0) is 46.2 Å². The monoisotopic (exact) mass is 1920 g/mol. The maximum absolute atomic E-state index is 12.7. The summed E-state index contributed by atoms with van der Waals surface area (Å²) in [7, 11) is 1.66. The Hall–Kier alpha value is -11.3. The highest BCUT2D eigenvalue weighted by molar-refractivity contribution is 7.80. The number of aryl methyl sites for hydroxylation is 6. The molecule has 7 amide bonds. The molecule has 18 rings (SSSR count). The molecule has 0 radical (unpaired) electrons. The third kappa shape index (κ3) is 26.6. The number of thiazole rings is 3. The number of aromatic nitrogens is 6. The molecule has 0 atom stereocenters. The van der Waals surface area contributed by atoms with Crippen LogP contribution in [-0.4, -0.2) is 179 Å². The van der Waals surface area contributed by atoms with Crippen LogP contribution in [0.1, 0.15) is 224 Å². The predicted molar refractivity (Wildman–Crippen MR) is 538 cm³/mol. The number of halogens is 2. The molecule has 4 aromatic carbocycles. The Balaban J connectivity index is 0.000000151. The molecular weight excluding hydrogens is 1800 g/mol. The van der Waals surface area contributed by atoms with E-state index in [1.165, 1.54) is 5.01 Å². The first-order valence-corrected chi connectivity index (χ1v) is 48.4. The summed E-state index contributed by atoms with van der Waals surface area (Å²) < 4.78 is 21.3. The van der Waals surface area contributed by atoms with Crippen molar-refractivity contribution in [1.29, 1.82) is 0 Å². The number of Topliss-reactive ketones (excluding diaryl/α,β-unsaturated/α-hetero) is 1. The lowest BCUT2D eigenvalue weighted by Crippen LogP contribution is -2.43. The minimum Gasteiger partial charge on any atom is -0.482 e. The number of nitrogens with zero attached hydrogens (tertiary/aromatic N) is 6. The van der Waals surface area contributed by atoms with Gasteiger partial charge < -0.3 is 80.9 Å². The van der Waals surface area contributed by atoms with Crippen molar-refractivity contribution in [3.05, 3.63) is 195 Å². The summed E-state index contributed by atoms with van der Waals surface area (Å²) in [6.45, 7) is 35.3. The van der Waals surface area contributed by atoms with Crippen molar-refractivity contribution in [3.63, 3.8) is 0 Å². The van der Waals surface area contributed by atoms with E-state index in [1.54, 1.807) is 74.0 Å². The normalized spacial score (nSPS) is 16.7. The van der Waals surface area contributed by atoms with Crippen molar-refractivity contribution in [2.75, 3.05) is 86.6 Å². The fraction of sp³-hybridized carbons (Fsp3) is 0.420. The summed E-state index contributed by atoms with van der Waals surface area (Å²) in [4.78, 5) is 126. The zero-order chi connectivity index (χ0) is 94.8. The average molecular weight is 1920 g/mol. The average Bonchev–Trinajstić information content (AvgIpc) is 1.63. The molecule has 8 aliphatic heterocycles. The van der Waals surface area contributed by atoms with Crippen LogP contribution in [0, 0.1) is 47.5 Å². The van der Waals surface area contributed by atoms with Gasteiger partial charge in [-0.15, -0.1) is 58.0 Å². The van der Waals surface area contributed by atoms with Gasteiger partial charge in [0.1, 0.15) is 16.8 Å². The summed E-state index contributed by atoms with van der Waals surface area (Å²) in [6.07, 6.45) is 11.5. The van der Waals surface area contributed by atoms with Crippen LogP contribution in [0.2, 0.25) is 0 Å². The van der Waals surface area contributed by atoms with Crippen molar-refractivity contribution >= 4 is 169 Å². The number of carbonyl (C=O) groups excluding carboxylic acids is 8. The number of rotatable bonds is 12. The molecule has 4 saturated heterocycles. The summed E-state index contributed by atoms with van der Waals surface area (Å²) in [5, 5.41) is 24.7. The number of alkyl halides is 1. The summed E-state index contributed by atoms with van der Waals surface area (Å²) >= 11 is 15.5. The highest BCUT2D eigenvalue weighted by atomic mass is 35.5. The van der Waals surface area contributed by atoms with Gasteiger partial charge in [0.25, 0.3) is 11.8 Å². The van der Waals surface area contributed by atoms with Crippen LogP contribution in [0.3, 0.4) is 0 Å². The third-order valence-corrected chi connectivity index (χ3v) is 27.1. The molecule has 0 spiro atoms. The first kappa shape index (κ1) is 101. The first-order chi connectivity index (χ1) is 62.7. The number of aromatic amines is 3. The van der Waals surface area contributed by atoms with Crippen LogP contribution in [0.15, 0.2) is 107 Å². The number of fused-ring (bicyclic) bond motifs is 4. The van der Waals surface area contributed by atoms with E-state index in [0.717, 1.165) is 204 Å². The number of piperidine rings is 4. The number of thiocarbonyl (C=S) groups is 1. The van der Waals surface area contributed by atoms with Gasteiger partial charge in [-0.05, 0) is 276 Å². The second-order valence-electron chi connectivity index (χ2n) is 37.4. The van der Waals surface area contributed by atoms with Gasteiger partial charge in [0.05, 0.1) is 74.1 Å². The van der Waals surface area contributed by atoms with Crippen molar-refractivity contribution in [1.82, 2.24) is 49.9 Å². The van der Waals surface area contributed by atoms with Crippen LogP contribution >= 0.6 is 70.2 Å². The summed E-state index contributed by atoms with van der Waals surface area (Å²) in [6, 6.07) is 29.5. The van der Waals surface area contributed by atoms with E-state index in [4.69, 9.17) is 63.5 Å². The quantitative estimate of drug-likeness (QED) is 0.0180. The van der Waals surface area contributed by atoms with E-state index >= 15 is 0 Å². The molecule has 10 aromatic rings. The Labute approximate surface area is 806 Å². The summed E-state index contributed by atoms with van der Waals surface area (Å²) in [5.74, 6) is 2.11. The largest absolute Gasteiger partial charge is 0.482 e. The van der Waals surface area contributed by atoms with Gasteiger partial charge in [0.2, 0.25) is 11.8 Å². The number of hydrogen-bond donors (Lipinski definition) is 9. The number of benzene rings is 4. The van der Waals surface area contributed by atoms with E-state index in [9.17, 15) is 38.4 Å². The van der Waals surface area contributed by atoms with Crippen LogP contribution in [0.5, 0.6) is 5.88 Å². The standard InChI is InChI=1S/C28H32N4O3S.C23H24N4OS.C21H25N3O3S.C11H20N2O2S.C10H8ClNO2.C7H11NO.ClH/c1-16-12-17(2)29-23(16)14-21-20-13-19(6-7-22(20)30-25(21)33)24-15-36-26(31-24)18-8-10-32(11-9-18)27(34)35-28(3,4)5;1-13-9-14(2)25-20(13)11-18-17-10-16(3-4-19(17)26-22(18)28)21-12-29-23(27-21)15-5-7-24-8-6-15;1-21(2,3)27-20(26)24-8-6-13(7-9-24)19-23-17(12-28-19)14-4-5-16-15(10-14)11-18(25)22-16;1-11(2,3)15-10(14)13-6-4-8(5-7-13)9(12)16;11-5-9(13)6-1-2-8-7(3-6)4-10(14)12-8;1-5-4-6(2)8-7(5)9-3;/h6-7,12-15,18,29H,8-11H2,1-5H3,(H,30,33);3-4,9-12,15,24-25H,5-8H2,1-2H3,(H,26,28);4-5,10,12-13H,6-9,11H2,1-3H3,(H,22,25);8H,4-7H2,1-3H3,(H2,12,16);1-3H,4-5H2,(H,12,14);4,8H,1-3H3;1H/b21-14-;18-11-;;;;;. The number of carbonyl (C=O) groups is 8. The molecule has 0 bridgehead atoms. The molecule has 8 aliphatic rings. The molecule has 33 heteroatoms. The van der Waals surface area contributed by atoms with Gasteiger partial charge in [-0.25, -0.2) is 29.3 Å². The van der Waals surface area contributed by atoms with E-state index in [0.29, 0.717) is 91.6 Å². The molecule has 706 valence electrons. The number of nitrogens with one attached hydrogen (secondary N) is 8. The molecule has 14 heterocycles. The Bertz CT molecular complexity index is 6000. The molecule has 6 aromatic heterocycles. The number of anilines is 4. The smallest absolute Gasteiger partial charge is 0.410 e. The number of hydrogen-bond acceptors (Lipinski definition) is 20. The lowest BCUT2D eigenvalue weighted by Gasteiger charge is -2.33. The number of likely N-dealkylation sites (tertiary alicyclic amines) is 3. The number of H-pyrrole nitrogens is 3. The van der Waals surface area contributed by atoms with Gasteiger partial charge >= 0.3 is 18.3 Å². The highest BCUT2D eigenvalue weighted by Crippen LogP contribution is 2.43. The first-order valence-electron chi connectivity index (χ1n) is 44.8. The number of nitrogens with two attached hydrogens (primary N) is 1. The minimum atomic E-state index is -0.484. The van der Waals surface area contributed by atoms with Gasteiger partial charge in [0.15, 0.2) is 11.7 Å². The number of ether oxygens (including phenoxy) is 4. The minimum absolute atomic E-state index is 0. The van der Waals surface area contributed by atoms with Crippen molar-refractivity contribution in [2.24, 2.45) is 11.7 Å². The molecule has 133 heavy (non-hydrogen) atoms. The van der Waals surface area contributed by atoms with E-state index in [1.807, 2.05) is 152 Å². The second kappa shape index (κ2) is 43.8. The Morgan fingerprint density at radius 1 is 0.481 bits per heavy atom. The molecule has 0 unspecified atom stereocenters. The van der Waals surface area contributed by atoms with Crippen LogP contribution in [0.4, 0.5) is 37.1 Å². The van der Waals surface area contributed by atoms with Crippen LogP contribution < -0.4 is 37.1 Å². The Kier molecular flexibility index (Phi) is 33.1. The Morgan fingerprint density at radius 3 is 1.20 bits per heavy atom. The van der Waals surface area contributed by atoms with Gasteiger partial charge in [-0.2, -0.15) is 0 Å². The molecule has 0 saturated carbocycles. The second-order valence-corrected chi connectivity index (χ2v) is 40.8. The number of ketones is 1. The molecule has 0 aliphatic carbocycles. The van der Waals surface area contributed by atoms with Crippen molar-refractivity contribution in [2.45, 2.75) is 203 Å². The lowest BCUT2D eigenvalue weighted by atomic mass is 9.97. The molecular formula is C100H121Cl2N15O12S4. The molecule has 27 nitrogen and oxygen atoms in total. The molecule has 4 fully saturated rings. The maximum Gasteiger partial charge on any atom is 0.410 e. The van der Waals surface area contributed by atoms with Gasteiger partial charge in [-0.1, -0.05) is 30.4 Å². The Morgan fingerprint density at radius 2 is 0.842 bits per heavy atom. The maximum atomic E-state index is 12.7. The lowest BCUT2D eigenvalue weighted by molar-refractivity contribution is -0.115. The third-order valence-electron chi connectivity index (χ3n) is 23.5. The predicted octanol–water partition coefficient (Wildman–Crippen LogP) is 21.1. The number of methoxy groups -OCH3 is 1. The SMILES string of the molecule is CC(C)(C)OC(=O)N1CCC(C(N)=S)CC1.CC(C)(C)OC(=O)N1CCC(c2nc(-c3ccc4c(c3)CC(=O)N4)cs2)CC1.COc1[nH]c(C)cc1C.Cc1cc(C)c(/C=C2\C(=O)Nc3ccc(-c4csc(C5CCN(C(=O)OC(C)(C)C)CC5)n4)cc32)[nH]1.Cc1cc(C)c(/C=C2\C(=O)Nc3ccc(-c4csc(C5CCNCC5)n4)cc32)[nH]1.Cl.O=C1Cc2cc(C(=O)CCl)ccc2N1. The van der Waals surface area contributed by atoms with Crippen molar-refractivity contribution < 1.29 is 57.3 Å². The van der Waals surface area contributed by atoms with Gasteiger partial charge in [-0.3, -0.25) is 24.0 Å². The topological polar surface area (TPSA) is 355 Å². The van der Waals surface area contributed by atoms with E-state index in [2.05, 4.69) is 94.9 Å². The van der Waals surface area contributed by atoms with E-state index in [-0.39, 0.29) is 71.9 Å². The van der Waals surface area contributed by atoms with Gasteiger partial charge in [0, 0.05) is 169 Å². The fourth-order valence-electron chi connectivity index (χ4n) is 16.7. The van der Waals surface area contributed by atoms with Crippen molar-refractivity contribution in [3.8, 4) is 39.7 Å². The number of amides is 7. The highest BCUT2D eigenvalue weighted by Gasteiger charge is 2.35. The van der Waals surface area contributed by atoms with Crippen LogP contribution in [0.25, 0.3) is 57.1 Å². The van der Waals surface area contributed by atoms with E-state index < -0.39 is 16.8 Å². The zero-order valence-corrected chi connectivity index (χ0v) is 83.2. The molecule has 10 N–H and O–H groups in total. The zero-order valence-electron chi connectivity index (χ0n) is 78.4. The summed E-state index contributed by atoms with van der Waals surface area (Å²) in [5.41, 5.74) is 27.8.